The third-order valence-corrected chi connectivity index (χ3v) is 4.45. The minimum absolute atomic E-state index is 0.0920. The summed E-state index contributed by atoms with van der Waals surface area (Å²) in [6, 6.07) is 11.3. The summed E-state index contributed by atoms with van der Waals surface area (Å²) in [7, 11) is 1.66. The second-order valence-electron chi connectivity index (χ2n) is 4.82. The smallest absolute Gasteiger partial charge is 0.122 e. The van der Waals surface area contributed by atoms with Crippen molar-refractivity contribution in [2.24, 2.45) is 5.73 Å². The lowest BCUT2D eigenvalue weighted by atomic mass is 9.99. The Morgan fingerprint density at radius 1 is 1.14 bits per heavy atom. The summed E-state index contributed by atoms with van der Waals surface area (Å²) < 4.78 is 6.37. The van der Waals surface area contributed by atoms with Gasteiger partial charge in [0.25, 0.3) is 0 Å². The highest BCUT2D eigenvalue weighted by molar-refractivity contribution is 9.10. The molecule has 21 heavy (non-hydrogen) atoms. The molecule has 0 heterocycles. The van der Waals surface area contributed by atoms with E-state index >= 15 is 0 Å². The van der Waals surface area contributed by atoms with E-state index < -0.39 is 0 Å². The molecule has 2 rings (SSSR count). The molecule has 2 N–H and O–H groups in total. The number of nitrogens with two attached hydrogens (primary N) is 1. The molecule has 0 fully saturated rings. The zero-order valence-electron chi connectivity index (χ0n) is 11.6. The summed E-state index contributed by atoms with van der Waals surface area (Å²) in [4.78, 5) is 0. The van der Waals surface area contributed by atoms with Crippen molar-refractivity contribution in [3.05, 3.63) is 62.0 Å². The summed E-state index contributed by atoms with van der Waals surface area (Å²) in [5, 5.41) is 1.30. The number of benzene rings is 2. The SMILES string of the molecule is COc1ccc(Br)cc1CC(N)Cc1c(Cl)cccc1Cl. The lowest BCUT2D eigenvalue weighted by Crippen LogP contribution is -2.26. The average molecular weight is 389 g/mol. The molecule has 2 aromatic rings. The van der Waals surface area contributed by atoms with Gasteiger partial charge in [-0.15, -0.1) is 0 Å². The molecule has 1 unspecified atom stereocenters. The summed E-state index contributed by atoms with van der Waals surface area (Å²) in [6.45, 7) is 0. The Morgan fingerprint density at radius 3 is 2.43 bits per heavy atom. The summed E-state index contributed by atoms with van der Waals surface area (Å²) >= 11 is 15.8. The summed E-state index contributed by atoms with van der Waals surface area (Å²) in [6.07, 6.45) is 1.30. The average Bonchev–Trinajstić information content (AvgIpc) is 2.43. The molecule has 0 aliphatic heterocycles. The fourth-order valence-corrected chi connectivity index (χ4v) is 3.21. The Labute approximate surface area is 143 Å². The standard InChI is InChI=1S/C16H16BrCl2NO/c1-21-16-6-5-11(17)7-10(16)8-12(20)9-13-14(18)3-2-4-15(13)19/h2-7,12H,8-9,20H2,1H3. The van der Waals surface area contributed by atoms with E-state index in [0.717, 1.165) is 21.3 Å². The molecule has 0 radical (unpaired) electrons. The minimum Gasteiger partial charge on any atom is -0.496 e. The third-order valence-electron chi connectivity index (χ3n) is 3.25. The second kappa shape index (κ2) is 7.50. The van der Waals surface area contributed by atoms with E-state index in [9.17, 15) is 0 Å². The van der Waals surface area contributed by atoms with Crippen LogP contribution in [-0.4, -0.2) is 13.2 Å². The van der Waals surface area contributed by atoms with Crippen LogP contribution in [0.5, 0.6) is 5.75 Å². The van der Waals surface area contributed by atoms with Gasteiger partial charge in [-0.2, -0.15) is 0 Å². The molecule has 1 atom stereocenters. The van der Waals surface area contributed by atoms with Crippen LogP contribution < -0.4 is 10.5 Å². The van der Waals surface area contributed by atoms with Crippen LogP contribution in [-0.2, 0) is 12.8 Å². The highest BCUT2D eigenvalue weighted by Crippen LogP contribution is 2.28. The minimum atomic E-state index is -0.0920. The number of halogens is 3. The molecule has 2 aromatic carbocycles. The molecule has 0 bridgehead atoms. The first-order valence-corrected chi connectivity index (χ1v) is 8.07. The zero-order valence-corrected chi connectivity index (χ0v) is 14.7. The van der Waals surface area contributed by atoms with E-state index in [0.29, 0.717) is 22.9 Å². The van der Waals surface area contributed by atoms with Gasteiger partial charge in [0.2, 0.25) is 0 Å². The van der Waals surface area contributed by atoms with Gasteiger partial charge >= 0.3 is 0 Å². The van der Waals surface area contributed by atoms with Gasteiger partial charge in [-0.1, -0.05) is 45.2 Å². The molecule has 0 saturated carbocycles. The maximum atomic E-state index is 6.26. The fraction of sp³-hybridized carbons (Fsp3) is 0.250. The van der Waals surface area contributed by atoms with E-state index in [2.05, 4.69) is 15.9 Å². The Kier molecular flexibility index (Phi) is 5.94. The summed E-state index contributed by atoms with van der Waals surface area (Å²) in [5.74, 6) is 0.832. The highest BCUT2D eigenvalue weighted by Gasteiger charge is 2.14. The van der Waals surface area contributed by atoms with Gasteiger partial charge in [0.1, 0.15) is 5.75 Å². The number of hydrogen-bond donors (Lipinski definition) is 1. The molecule has 5 heteroatoms. The lowest BCUT2D eigenvalue weighted by Gasteiger charge is -2.16. The van der Waals surface area contributed by atoms with E-state index in [4.69, 9.17) is 33.7 Å². The lowest BCUT2D eigenvalue weighted by molar-refractivity contribution is 0.407. The van der Waals surface area contributed by atoms with Crippen molar-refractivity contribution in [2.45, 2.75) is 18.9 Å². The monoisotopic (exact) mass is 387 g/mol. The maximum absolute atomic E-state index is 6.26. The first-order chi connectivity index (χ1) is 10.0. The Hall–Kier alpha value is -0.740. The van der Waals surface area contributed by atoms with Crippen molar-refractivity contribution in [3.8, 4) is 5.75 Å². The van der Waals surface area contributed by atoms with Crippen molar-refractivity contribution in [2.75, 3.05) is 7.11 Å². The van der Waals surface area contributed by atoms with Gasteiger partial charge in [-0.3, -0.25) is 0 Å². The van der Waals surface area contributed by atoms with Crippen molar-refractivity contribution in [3.63, 3.8) is 0 Å². The molecule has 2 nitrogen and oxygen atoms in total. The highest BCUT2D eigenvalue weighted by atomic mass is 79.9. The molecule has 112 valence electrons. The zero-order chi connectivity index (χ0) is 15.4. The van der Waals surface area contributed by atoms with Gasteiger partial charge in [0.05, 0.1) is 7.11 Å². The van der Waals surface area contributed by atoms with E-state index in [1.54, 1.807) is 7.11 Å². The van der Waals surface area contributed by atoms with Crippen LogP contribution in [0.3, 0.4) is 0 Å². The molecule has 0 spiro atoms. The van der Waals surface area contributed by atoms with Crippen molar-refractivity contribution in [1.82, 2.24) is 0 Å². The predicted octanol–water partition coefficient (Wildman–Crippen LogP) is 4.88. The number of rotatable bonds is 5. The molecule has 0 amide bonds. The Balaban J connectivity index is 2.15. The molecular formula is C16H16BrCl2NO. The van der Waals surface area contributed by atoms with E-state index in [1.807, 2.05) is 36.4 Å². The van der Waals surface area contributed by atoms with Crippen LogP contribution in [0.4, 0.5) is 0 Å². The fourth-order valence-electron chi connectivity index (χ4n) is 2.25. The Bertz CT molecular complexity index is 613. The number of hydrogen-bond acceptors (Lipinski definition) is 2. The van der Waals surface area contributed by atoms with Gasteiger partial charge in [-0.05, 0) is 54.3 Å². The normalized spacial score (nSPS) is 12.2. The van der Waals surface area contributed by atoms with Gasteiger partial charge in [0.15, 0.2) is 0 Å². The topological polar surface area (TPSA) is 35.2 Å². The van der Waals surface area contributed by atoms with Gasteiger partial charge in [0, 0.05) is 20.6 Å². The quantitative estimate of drug-likeness (QED) is 0.792. The Morgan fingerprint density at radius 2 is 1.81 bits per heavy atom. The van der Waals surface area contributed by atoms with Gasteiger partial charge < -0.3 is 10.5 Å². The van der Waals surface area contributed by atoms with Crippen LogP contribution in [0, 0.1) is 0 Å². The molecule has 0 saturated heterocycles. The van der Waals surface area contributed by atoms with E-state index in [1.165, 1.54) is 0 Å². The van der Waals surface area contributed by atoms with Crippen LogP contribution in [0.15, 0.2) is 40.9 Å². The van der Waals surface area contributed by atoms with Gasteiger partial charge in [-0.25, -0.2) is 0 Å². The van der Waals surface area contributed by atoms with Crippen molar-refractivity contribution >= 4 is 39.1 Å². The predicted molar refractivity (Wildman–Crippen MR) is 92.5 cm³/mol. The van der Waals surface area contributed by atoms with Crippen molar-refractivity contribution in [1.29, 1.82) is 0 Å². The molecule has 0 aliphatic rings. The van der Waals surface area contributed by atoms with Crippen LogP contribution in [0.25, 0.3) is 0 Å². The second-order valence-corrected chi connectivity index (χ2v) is 6.55. The largest absolute Gasteiger partial charge is 0.496 e. The van der Waals surface area contributed by atoms with Crippen LogP contribution in [0.1, 0.15) is 11.1 Å². The number of methoxy groups -OCH3 is 1. The first kappa shape index (κ1) is 16.6. The molecule has 0 aliphatic carbocycles. The molecule has 0 aromatic heterocycles. The van der Waals surface area contributed by atoms with E-state index in [-0.39, 0.29) is 6.04 Å². The molecular weight excluding hydrogens is 373 g/mol. The third kappa shape index (κ3) is 4.36. The maximum Gasteiger partial charge on any atom is 0.122 e. The van der Waals surface area contributed by atoms with Crippen molar-refractivity contribution < 1.29 is 4.74 Å². The van der Waals surface area contributed by atoms with Crippen LogP contribution in [0.2, 0.25) is 10.0 Å². The number of ether oxygens (including phenoxy) is 1. The summed E-state index contributed by atoms with van der Waals surface area (Å²) in [5.41, 5.74) is 8.21. The first-order valence-electron chi connectivity index (χ1n) is 6.52. The van der Waals surface area contributed by atoms with Crippen LogP contribution >= 0.6 is 39.1 Å².